The normalized spacial score (nSPS) is 18.7. The van der Waals surface area contributed by atoms with Gasteiger partial charge in [0.15, 0.2) is 11.6 Å². The van der Waals surface area contributed by atoms with Crippen LogP contribution in [0.15, 0.2) is 36.4 Å². The maximum Gasteiger partial charge on any atom is 0.179 e. The molecule has 1 saturated heterocycles. The number of Topliss-reactive ketones (excluding diaryl/α,β-unsaturated/α-hetero) is 2. The lowest BCUT2D eigenvalue weighted by Crippen LogP contribution is -2.58. The van der Waals surface area contributed by atoms with Crippen LogP contribution in [0, 0.1) is 0 Å². The van der Waals surface area contributed by atoms with Gasteiger partial charge in [-0.25, -0.2) is 0 Å². The number of carbonyl (C=O) groups excluding carboxylic acids is 2. The Bertz CT molecular complexity index is 953. The van der Waals surface area contributed by atoms with Crippen molar-refractivity contribution in [2.75, 3.05) is 0 Å². The molecule has 1 aliphatic rings. The zero-order valence-electron chi connectivity index (χ0n) is 17.1. The quantitative estimate of drug-likeness (QED) is 0.540. The molecule has 0 unspecified atom stereocenters. The minimum absolute atomic E-state index is 0.231. The Hall–Kier alpha value is -1.88. The Labute approximate surface area is 181 Å². The summed E-state index contributed by atoms with van der Waals surface area (Å²) in [5.74, 6) is -0.277. The first-order valence-corrected chi connectivity index (χ1v) is 10.3. The fourth-order valence-electron chi connectivity index (χ4n) is 3.75. The van der Waals surface area contributed by atoms with E-state index < -0.39 is 17.1 Å². The number of ketones is 2. The summed E-state index contributed by atoms with van der Waals surface area (Å²) in [5.41, 5.74) is -0.521. The summed E-state index contributed by atoms with van der Waals surface area (Å²) in [4.78, 5) is 26.1. The molecular formula is C23H24Cl2O4. The monoisotopic (exact) mass is 434 g/mol. The van der Waals surface area contributed by atoms with Gasteiger partial charge in [-0.1, -0.05) is 36.2 Å². The molecule has 3 rings (SSSR count). The smallest absolute Gasteiger partial charge is 0.179 e. The van der Waals surface area contributed by atoms with Crippen molar-refractivity contribution in [3.8, 4) is 11.5 Å². The van der Waals surface area contributed by atoms with E-state index in [0.717, 1.165) is 5.56 Å². The van der Waals surface area contributed by atoms with Crippen molar-refractivity contribution in [1.29, 1.82) is 0 Å². The van der Waals surface area contributed by atoms with Crippen LogP contribution in [0.2, 0.25) is 10.0 Å². The lowest BCUT2D eigenvalue weighted by molar-refractivity contribution is -0.184. The van der Waals surface area contributed by atoms with Gasteiger partial charge in [0.2, 0.25) is 0 Å². The van der Waals surface area contributed by atoms with Crippen molar-refractivity contribution in [2.45, 2.75) is 58.2 Å². The summed E-state index contributed by atoms with van der Waals surface area (Å²) in [6.45, 7) is 8.82. The van der Waals surface area contributed by atoms with Crippen molar-refractivity contribution in [1.82, 2.24) is 0 Å². The van der Waals surface area contributed by atoms with E-state index in [1.165, 1.54) is 0 Å². The summed E-state index contributed by atoms with van der Waals surface area (Å²) >= 11 is 12.1. The average Bonchev–Trinajstić information content (AvgIpc) is 2.63. The fraction of sp³-hybridized carbons (Fsp3) is 0.391. The number of carbonyl (C=O) groups is 2. The molecular weight excluding hydrogens is 411 g/mol. The van der Waals surface area contributed by atoms with Crippen molar-refractivity contribution in [2.24, 2.45) is 0 Å². The molecule has 2 aromatic rings. The van der Waals surface area contributed by atoms with E-state index in [1.807, 2.05) is 13.0 Å². The predicted octanol–water partition coefficient (Wildman–Crippen LogP) is 6.16. The molecule has 0 bridgehead atoms. The number of halogens is 2. The first-order chi connectivity index (χ1) is 13.5. The third-order valence-electron chi connectivity index (χ3n) is 5.15. The highest BCUT2D eigenvalue weighted by Crippen LogP contribution is 2.41. The number of benzene rings is 2. The van der Waals surface area contributed by atoms with Gasteiger partial charge in [-0.2, -0.15) is 0 Å². The van der Waals surface area contributed by atoms with E-state index in [9.17, 15) is 9.59 Å². The van der Waals surface area contributed by atoms with Gasteiger partial charge in [0.1, 0.15) is 28.6 Å². The molecule has 0 radical (unpaired) electrons. The van der Waals surface area contributed by atoms with Crippen LogP contribution in [-0.2, 0) is 20.7 Å². The second-order valence-electron chi connectivity index (χ2n) is 8.18. The lowest BCUT2D eigenvalue weighted by Gasteiger charge is -2.43. The zero-order valence-corrected chi connectivity index (χ0v) is 18.6. The van der Waals surface area contributed by atoms with Gasteiger partial charge in [0.25, 0.3) is 0 Å². The topological polar surface area (TPSA) is 52.6 Å². The van der Waals surface area contributed by atoms with Gasteiger partial charge < -0.3 is 9.47 Å². The summed E-state index contributed by atoms with van der Waals surface area (Å²) in [6, 6.07) is 10.4. The lowest BCUT2D eigenvalue weighted by atomic mass is 9.74. The summed E-state index contributed by atoms with van der Waals surface area (Å²) in [7, 11) is 0. The minimum Gasteiger partial charge on any atom is -0.456 e. The number of rotatable bonds is 4. The summed E-state index contributed by atoms with van der Waals surface area (Å²) in [5, 5.41) is 0.923. The van der Waals surface area contributed by atoms with E-state index in [2.05, 4.69) is 0 Å². The van der Waals surface area contributed by atoms with Gasteiger partial charge in [-0.15, -0.1) is 0 Å². The number of aryl methyl sites for hydroxylation is 1. The maximum absolute atomic E-state index is 13.1. The molecule has 6 heteroatoms. The van der Waals surface area contributed by atoms with Crippen LogP contribution in [0.4, 0.5) is 0 Å². The van der Waals surface area contributed by atoms with Gasteiger partial charge in [-0.3, -0.25) is 9.59 Å². The largest absolute Gasteiger partial charge is 0.456 e. The molecule has 0 spiro atoms. The van der Waals surface area contributed by atoms with E-state index in [0.29, 0.717) is 33.5 Å². The Morgan fingerprint density at radius 2 is 1.59 bits per heavy atom. The standard InChI is InChI=1S/C23H24Cl2O4/c1-6-13-11-15(28-18-10-7-14(24)12-17(18)25)8-9-16(13)19-20(26)22(2,3)29-23(4,5)21(19)27/h7-12,19H,6H2,1-5H3. The van der Waals surface area contributed by atoms with Crippen LogP contribution in [0.25, 0.3) is 0 Å². The molecule has 29 heavy (non-hydrogen) atoms. The highest BCUT2D eigenvalue weighted by atomic mass is 35.5. The second kappa shape index (κ2) is 7.75. The Balaban J connectivity index is 2.00. The third kappa shape index (κ3) is 4.20. The van der Waals surface area contributed by atoms with Gasteiger partial charge in [0, 0.05) is 5.02 Å². The fourth-order valence-corrected chi connectivity index (χ4v) is 4.20. The van der Waals surface area contributed by atoms with E-state index in [1.54, 1.807) is 58.0 Å². The Morgan fingerprint density at radius 1 is 0.966 bits per heavy atom. The molecule has 0 aliphatic carbocycles. The van der Waals surface area contributed by atoms with Gasteiger partial charge in [0.05, 0.1) is 5.02 Å². The van der Waals surface area contributed by atoms with Crippen molar-refractivity contribution < 1.29 is 19.1 Å². The third-order valence-corrected chi connectivity index (χ3v) is 5.68. The molecule has 0 saturated carbocycles. The second-order valence-corrected chi connectivity index (χ2v) is 9.02. The van der Waals surface area contributed by atoms with Crippen LogP contribution in [0.5, 0.6) is 11.5 Å². The molecule has 0 amide bonds. The predicted molar refractivity (Wildman–Crippen MR) is 114 cm³/mol. The van der Waals surface area contributed by atoms with Crippen molar-refractivity contribution >= 4 is 34.8 Å². The molecule has 1 aliphatic heterocycles. The number of hydrogen-bond acceptors (Lipinski definition) is 4. The molecule has 1 fully saturated rings. The van der Waals surface area contributed by atoms with Crippen LogP contribution in [-0.4, -0.2) is 22.8 Å². The summed E-state index contributed by atoms with van der Waals surface area (Å²) < 4.78 is 11.7. The van der Waals surface area contributed by atoms with Crippen LogP contribution in [0.3, 0.4) is 0 Å². The molecule has 1 heterocycles. The Morgan fingerprint density at radius 3 is 2.14 bits per heavy atom. The van der Waals surface area contributed by atoms with Crippen LogP contribution >= 0.6 is 23.2 Å². The maximum atomic E-state index is 13.1. The zero-order chi connectivity index (χ0) is 21.6. The Kier molecular flexibility index (Phi) is 5.83. The van der Waals surface area contributed by atoms with Crippen molar-refractivity contribution in [3.05, 3.63) is 57.6 Å². The molecule has 2 aromatic carbocycles. The molecule has 0 aromatic heterocycles. The van der Waals surface area contributed by atoms with Gasteiger partial charge in [-0.05, 0) is 75.6 Å². The SMILES string of the molecule is CCc1cc(Oc2ccc(Cl)cc2Cl)ccc1C1C(=O)C(C)(C)OC(C)(C)C1=O. The minimum atomic E-state index is -1.04. The molecule has 154 valence electrons. The first kappa shape index (κ1) is 21.8. The van der Waals surface area contributed by atoms with Crippen LogP contribution < -0.4 is 4.74 Å². The summed E-state index contributed by atoms with van der Waals surface area (Å²) in [6.07, 6.45) is 0.639. The number of hydrogen-bond donors (Lipinski definition) is 0. The first-order valence-electron chi connectivity index (χ1n) is 9.51. The van der Waals surface area contributed by atoms with E-state index >= 15 is 0 Å². The van der Waals surface area contributed by atoms with E-state index in [4.69, 9.17) is 32.7 Å². The van der Waals surface area contributed by atoms with Crippen molar-refractivity contribution in [3.63, 3.8) is 0 Å². The molecule has 4 nitrogen and oxygen atoms in total. The van der Waals surface area contributed by atoms with Crippen LogP contribution in [0.1, 0.15) is 51.7 Å². The van der Waals surface area contributed by atoms with Gasteiger partial charge >= 0.3 is 0 Å². The van der Waals surface area contributed by atoms with E-state index in [-0.39, 0.29) is 11.6 Å². The molecule has 0 atom stereocenters. The highest BCUT2D eigenvalue weighted by Gasteiger charge is 2.53. The molecule has 0 N–H and O–H groups in total. The average molecular weight is 435 g/mol. The highest BCUT2D eigenvalue weighted by molar-refractivity contribution is 6.35. The number of ether oxygens (including phenoxy) is 2.